The van der Waals surface area contributed by atoms with E-state index in [9.17, 15) is 4.39 Å². The first kappa shape index (κ1) is 18.2. The number of rotatable bonds is 6. The molecule has 130 valence electrons. The van der Waals surface area contributed by atoms with Crippen LogP contribution in [0.25, 0.3) is 0 Å². The third-order valence-corrected chi connectivity index (χ3v) is 4.16. The monoisotopic (exact) mass is 350 g/mol. The lowest BCUT2D eigenvalue weighted by Gasteiger charge is -2.23. The summed E-state index contributed by atoms with van der Waals surface area (Å²) >= 11 is 1.64. The highest BCUT2D eigenvalue weighted by molar-refractivity contribution is 7.09. The Balaban J connectivity index is 1.82. The molecule has 0 aliphatic carbocycles. The van der Waals surface area contributed by atoms with Crippen LogP contribution in [0.1, 0.15) is 17.6 Å². The van der Waals surface area contributed by atoms with Crippen LogP contribution in [0.3, 0.4) is 0 Å². The predicted molar refractivity (Wildman–Crippen MR) is 96.2 cm³/mol. The summed E-state index contributed by atoms with van der Waals surface area (Å²) in [5, 5.41) is 6.39. The molecule has 2 aromatic rings. The zero-order valence-corrected chi connectivity index (χ0v) is 15.2. The van der Waals surface area contributed by atoms with E-state index in [1.165, 1.54) is 12.1 Å². The molecule has 0 aliphatic rings. The van der Waals surface area contributed by atoms with Gasteiger partial charge in [-0.1, -0.05) is 0 Å². The first-order valence-electron chi connectivity index (χ1n) is 7.73. The second-order valence-electron chi connectivity index (χ2n) is 5.52. The van der Waals surface area contributed by atoms with E-state index in [4.69, 9.17) is 4.74 Å². The molecule has 0 radical (unpaired) electrons. The zero-order chi connectivity index (χ0) is 17.5. The van der Waals surface area contributed by atoms with Crippen LogP contribution in [0.4, 0.5) is 4.39 Å². The van der Waals surface area contributed by atoms with Gasteiger partial charge in [0.2, 0.25) is 0 Å². The van der Waals surface area contributed by atoms with Gasteiger partial charge in [0.05, 0.1) is 23.8 Å². The molecule has 5 nitrogen and oxygen atoms in total. The normalized spacial score (nSPS) is 12.8. The molecule has 0 spiro atoms. The molecular formula is C17H23FN4OS. The number of nitrogens with zero attached hydrogens (tertiary/aromatic N) is 3. The van der Waals surface area contributed by atoms with Gasteiger partial charge in [0.1, 0.15) is 17.7 Å². The van der Waals surface area contributed by atoms with Crippen LogP contribution in [0, 0.1) is 12.7 Å². The Bertz CT molecular complexity index is 671. The van der Waals surface area contributed by atoms with E-state index in [1.54, 1.807) is 30.5 Å². The Morgan fingerprint density at radius 2 is 2.12 bits per heavy atom. The van der Waals surface area contributed by atoms with Crippen molar-refractivity contribution >= 4 is 17.3 Å². The van der Waals surface area contributed by atoms with E-state index in [-0.39, 0.29) is 11.9 Å². The van der Waals surface area contributed by atoms with Gasteiger partial charge >= 0.3 is 0 Å². The summed E-state index contributed by atoms with van der Waals surface area (Å²) in [7, 11) is 3.71. The van der Waals surface area contributed by atoms with Crippen LogP contribution >= 0.6 is 11.3 Å². The van der Waals surface area contributed by atoms with Crippen LogP contribution < -0.4 is 10.1 Å². The standard InChI is InChI=1S/C17H23FN4OS/c1-12(23-16-7-5-14(18)6-8-16)9-20-17(19-3)22(4)10-15-11-24-13(2)21-15/h5-8,11-12H,9-10H2,1-4H3,(H,19,20). The quantitative estimate of drug-likeness (QED) is 0.643. The fraction of sp³-hybridized carbons (Fsp3) is 0.412. The van der Waals surface area contributed by atoms with Gasteiger partial charge in [0.25, 0.3) is 0 Å². The number of aliphatic imine (C=N–C) groups is 1. The average Bonchev–Trinajstić information content (AvgIpc) is 2.95. The topological polar surface area (TPSA) is 49.8 Å². The second-order valence-corrected chi connectivity index (χ2v) is 6.59. The molecule has 7 heteroatoms. The Morgan fingerprint density at radius 3 is 2.71 bits per heavy atom. The van der Waals surface area contributed by atoms with Crippen LogP contribution in [0.15, 0.2) is 34.6 Å². The second kappa shape index (κ2) is 8.63. The van der Waals surface area contributed by atoms with Crippen LogP contribution in [0.2, 0.25) is 0 Å². The van der Waals surface area contributed by atoms with Crippen molar-refractivity contribution in [1.29, 1.82) is 0 Å². The molecule has 0 aliphatic heterocycles. The van der Waals surface area contributed by atoms with Crippen molar-refractivity contribution in [3.05, 3.63) is 46.2 Å². The third-order valence-electron chi connectivity index (χ3n) is 3.34. The summed E-state index contributed by atoms with van der Waals surface area (Å²) in [6.45, 7) is 5.23. The van der Waals surface area contributed by atoms with E-state index in [2.05, 4.69) is 20.7 Å². The first-order chi connectivity index (χ1) is 11.5. The fourth-order valence-electron chi connectivity index (χ4n) is 2.21. The van der Waals surface area contributed by atoms with E-state index in [0.717, 1.165) is 16.7 Å². The Labute approximate surface area is 146 Å². The number of guanidine groups is 1. The average molecular weight is 350 g/mol. The fourth-order valence-corrected chi connectivity index (χ4v) is 2.81. The maximum Gasteiger partial charge on any atom is 0.193 e. The maximum atomic E-state index is 12.9. The van der Waals surface area contributed by atoms with Gasteiger partial charge in [-0.3, -0.25) is 4.99 Å². The minimum Gasteiger partial charge on any atom is -0.489 e. The van der Waals surface area contributed by atoms with E-state index in [1.807, 2.05) is 25.8 Å². The van der Waals surface area contributed by atoms with Gasteiger partial charge in [0.15, 0.2) is 5.96 Å². The molecule has 2 rings (SSSR count). The van der Waals surface area contributed by atoms with Crippen molar-refractivity contribution in [3.8, 4) is 5.75 Å². The molecule has 0 saturated carbocycles. The number of aryl methyl sites for hydroxylation is 1. The Kier molecular flexibility index (Phi) is 6.54. The highest BCUT2D eigenvalue weighted by Crippen LogP contribution is 2.13. The molecule has 0 fully saturated rings. The number of thiazole rings is 1. The third kappa shape index (κ3) is 5.49. The molecule has 0 bridgehead atoms. The van der Waals surface area contributed by atoms with E-state index >= 15 is 0 Å². The predicted octanol–water partition coefficient (Wildman–Crippen LogP) is 3.07. The molecule has 1 aromatic carbocycles. The van der Waals surface area contributed by atoms with Gasteiger partial charge in [0, 0.05) is 19.5 Å². The van der Waals surface area contributed by atoms with Gasteiger partial charge in [-0.2, -0.15) is 0 Å². The van der Waals surface area contributed by atoms with E-state index < -0.39 is 0 Å². The van der Waals surface area contributed by atoms with Crippen molar-refractivity contribution in [2.45, 2.75) is 26.5 Å². The van der Waals surface area contributed by atoms with Crippen LogP contribution in [-0.2, 0) is 6.54 Å². The molecule has 1 unspecified atom stereocenters. The Morgan fingerprint density at radius 1 is 1.42 bits per heavy atom. The number of benzene rings is 1. The molecule has 0 saturated heterocycles. The van der Waals surface area contributed by atoms with Gasteiger partial charge in [-0.15, -0.1) is 11.3 Å². The lowest BCUT2D eigenvalue weighted by molar-refractivity contribution is 0.222. The number of nitrogens with one attached hydrogen (secondary N) is 1. The summed E-state index contributed by atoms with van der Waals surface area (Å²) in [5.74, 6) is 1.15. The number of hydrogen-bond donors (Lipinski definition) is 1. The summed E-state index contributed by atoms with van der Waals surface area (Å²) in [6.07, 6.45) is -0.0814. The van der Waals surface area contributed by atoms with Crippen molar-refractivity contribution in [3.63, 3.8) is 0 Å². The Hall–Kier alpha value is -2.15. The highest BCUT2D eigenvalue weighted by atomic mass is 32.1. The van der Waals surface area contributed by atoms with Gasteiger partial charge < -0.3 is 15.0 Å². The summed E-state index contributed by atoms with van der Waals surface area (Å²) in [5.41, 5.74) is 1.03. The summed E-state index contributed by atoms with van der Waals surface area (Å²) in [4.78, 5) is 10.8. The summed E-state index contributed by atoms with van der Waals surface area (Å²) in [6, 6.07) is 6.02. The molecular weight excluding hydrogens is 327 g/mol. The zero-order valence-electron chi connectivity index (χ0n) is 14.4. The van der Waals surface area contributed by atoms with Gasteiger partial charge in [-0.25, -0.2) is 9.37 Å². The van der Waals surface area contributed by atoms with Gasteiger partial charge in [-0.05, 0) is 38.1 Å². The van der Waals surface area contributed by atoms with E-state index in [0.29, 0.717) is 18.8 Å². The summed E-state index contributed by atoms with van der Waals surface area (Å²) < 4.78 is 18.7. The number of halogens is 1. The lowest BCUT2D eigenvalue weighted by Crippen LogP contribution is -2.42. The molecule has 1 N–H and O–H groups in total. The number of aromatic nitrogens is 1. The molecule has 1 atom stereocenters. The van der Waals surface area contributed by atoms with Crippen LogP contribution in [-0.4, -0.2) is 42.6 Å². The highest BCUT2D eigenvalue weighted by Gasteiger charge is 2.11. The molecule has 1 aromatic heterocycles. The smallest absolute Gasteiger partial charge is 0.193 e. The first-order valence-corrected chi connectivity index (χ1v) is 8.61. The largest absolute Gasteiger partial charge is 0.489 e. The lowest BCUT2D eigenvalue weighted by atomic mass is 10.3. The van der Waals surface area contributed by atoms with Crippen molar-refractivity contribution < 1.29 is 9.13 Å². The SMILES string of the molecule is CN=C(NCC(C)Oc1ccc(F)cc1)N(C)Cc1csc(C)n1. The van der Waals surface area contributed by atoms with Crippen molar-refractivity contribution in [1.82, 2.24) is 15.2 Å². The molecule has 24 heavy (non-hydrogen) atoms. The molecule has 1 heterocycles. The van der Waals surface area contributed by atoms with Crippen molar-refractivity contribution in [2.24, 2.45) is 4.99 Å². The number of hydrogen-bond acceptors (Lipinski definition) is 4. The molecule has 0 amide bonds. The van der Waals surface area contributed by atoms with Crippen molar-refractivity contribution in [2.75, 3.05) is 20.6 Å². The maximum absolute atomic E-state index is 12.9. The van der Waals surface area contributed by atoms with Crippen LogP contribution in [0.5, 0.6) is 5.75 Å². The minimum absolute atomic E-state index is 0.0814. The number of ether oxygens (including phenoxy) is 1. The minimum atomic E-state index is -0.271.